The molecular formula is C21H24F2N2O4S. The Hall–Kier alpha value is -2.68. The molecule has 0 atom stereocenters. The van der Waals surface area contributed by atoms with Gasteiger partial charge in [-0.05, 0) is 48.4 Å². The van der Waals surface area contributed by atoms with Crippen LogP contribution in [0.2, 0.25) is 0 Å². The number of carbonyl (C=O) groups excluding carboxylic acids is 2. The van der Waals surface area contributed by atoms with Crippen LogP contribution in [0, 0.1) is 5.92 Å². The first-order chi connectivity index (χ1) is 14.5. The van der Waals surface area contributed by atoms with Crippen molar-refractivity contribution in [2.45, 2.75) is 25.9 Å². The Labute approximate surface area is 177 Å². The van der Waals surface area contributed by atoms with E-state index in [-0.39, 0.29) is 29.2 Å². The van der Waals surface area contributed by atoms with Gasteiger partial charge in [0, 0.05) is 25.6 Å². The zero-order valence-electron chi connectivity index (χ0n) is 16.6. The lowest BCUT2D eigenvalue weighted by molar-refractivity contribution is -0.126. The monoisotopic (exact) mass is 438 g/mol. The Morgan fingerprint density at radius 3 is 2.63 bits per heavy atom. The van der Waals surface area contributed by atoms with Gasteiger partial charge >= 0.3 is 6.61 Å². The molecule has 1 aromatic heterocycles. The van der Waals surface area contributed by atoms with E-state index >= 15 is 0 Å². The highest BCUT2D eigenvalue weighted by atomic mass is 32.1. The van der Waals surface area contributed by atoms with Gasteiger partial charge in [-0.15, -0.1) is 11.3 Å². The molecule has 1 aromatic carbocycles. The van der Waals surface area contributed by atoms with Crippen LogP contribution in [0.5, 0.6) is 11.5 Å². The number of ether oxygens (including phenoxy) is 2. The van der Waals surface area contributed by atoms with Gasteiger partial charge in [0.1, 0.15) is 0 Å². The number of benzene rings is 1. The SMILES string of the molecule is COc1ccc(CCNC(=O)C2CCN(C(=O)c3cccs3)CC2)cc1OC(F)F. The van der Waals surface area contributed by atoms with E-state index in [4.69, 9.17) is 4.74 Å². The van der Waals surface area contributed by atoms with Crippen LogP contribution in [0.25, 0.3) is 0 Å². The van der Waals surface area contributed by atoms with E-state index in [0.717, 1.165) is 5.56 Å². The number of amides is 2. The number of nitrogens with zero attached hydrogens (tertiary/aromatic N) is 1. The van der Waals surface area contributed by atoms with Crippen molar-refractivity contribution in [2.75, 3.05) is 26.7 Å². The number of alkyl halides is 2. The van der Waals surface area contributed by atoms with Crippen molar-refractivity contribution in [3.63, 3.8) is 0 Å². The maximum atomic E-state index is 12.5. The third kappa shape index (κ3) is 5.69. The molecule has 0 unspecified atom stereocenters. The molecule has 1 N–H and O–H groups in total. The highest BCUT2D eigenvalue weighted by molar-refractivity contribution is 7.12. The Morgan fingerprint density at radius 2 is 2.00 bits per heavy atom. The van der Waals surface area contributed by atoms with Crippen molar-refractivity contribution in [1.29, 1.82) is 0 Å². The fourth-order valence-corrected chi connectivity index (χ4v) is 4.13. The molecule has 2 amide bonds. The first-order valence-electron chi connectivity index (χ1n) is 9.70. The molecule has 0 spiro atoms. The average molecular weight is 438 g/mol. The molecule has 1 aliphatic rings. The quantitative estimate of drug-likeness (QED) is 0.684. The minimum Gasteiger partial charge on any atom is -0.493 e. The normalized spacial score (nSPS) is 14.6. The topological polar surface area (TPSA) is 67.9 Å². The number of likely N-dealkylation sites (tertiary alicyclic amines) is 1. The molecule has 0 aliphatic carbocycles. The van der Waals surface area contributed by atoms with Gasteiger partial charge in [-0.25, -0.2) is 0 Å². The second kappa shape index (κ2) is 10.4. The number of piperidine rings is 1. The summed E-state index contributed by atoms with van der Waals surface area (Å²) in [6.07, 6.45) is 1.72. The number of hydrogen-bond acceptors (Lipinski definition) is 5. The number of halogens is 2. The summed E-state index contributed by atoms with van der Waals surface area (Å²) in [6.45, 7) is -1.44. The molecule has 6 nitrogen and oxygen atoms in total. The summed E-state index contributed by atoms with van der Waals surface area (Å²) in [5, 5.41) is 4.77. The Kier molecular flexibility index (Phi) is 7.62. The molecule has 0 bridgehead atoms. The maximum Gasteiger partial charge on any atom is 0.387 e. The third-order valence-electron chi connectivity index (χ3n) is 5.04. The molecule has 1 aliphatic heterocycles. The summed E-state index contributed by atoms with van der Waals surface area (Å²) in [5.41, 5.74) is 0.753. The van der Waals surface area contributed by atoms with Crippen molar-refractivity contribution < 1.29 is 27.8 Å². The molecule has 2 heterocycles. The van der Waals surface area contributed by atoms with E-state index in [2.05, 4.69) is 10.1 Å². The first-order valence-corrected chi connectivity index (χ1v) is 10.6. The zero-order chi connectivity index (χ0) is 21.5. The third-order valence-corrected chi connectivity index (χ3v) is 5.90. The number of nitrogens with one attached hydrogen (secondary N) is 1. The number of hydrogen-bond donors (Lipinski definition) is 1. The fourth-order valence-electron chi connectivity index (χ4n) is 3.44. The molecule has 9 heteroatoms. The van der Waals surface area contributed by atoms with E-state index in [9.17, 15) is 18.4 Å². The van der Waals surface area contributed by atoms with E-state index in [1.165, 1.54) is 24.5 Å². The molecule has 2 aromatic rings. The van der Waals surface area contributed by atoms with Crippen molar-refractivity contribution >= 4 is 23.2 Å². The van der Waals surface area contributed by atoms with Gasteiger partial charge in [0.25, 0.3) is 5.91 Å². The van der Waals surface area contributed by atoms with Crippen LogP contribution in [0.1, 0.15) is 28.1 Å². The van der Waals surface area contributed by atoms with Gasteiger partial charge in [-0.2, -0.15) is 8.78 Å². The Bertz CT molecular complexity index is 853. The highest BCUT2D eigenvalue weighted by Gasteiger charge is 2.28. The second-order valence-corrected chi connectivity index (χ2v) is 7.90. The van der Waals surface area contributed by atoms with Crippen LogP contribution in [-0.4, -0.2) is 50.1 Å². The summed E-state index contributed by atoms with van der Waals surface area (Å²) in [7, 11) is 1.38. The predicted octanol–water partition coefficient (Wildman–Crippen LogP) is 3.57. The van der Waals surface area contributed by atoms with Gasteiger partial charge in [-0.3, -0.25) is 9.59 Å². The van der Waals surface area contributed by atoms with Crippen LogP contribution in [-0.2, 0) is 11.2 Å². The minimum absolute atomic E-state index is 0.0187. The van der Waals surface area contributed by atoms with E-state index in [0.29, 0.717) is 43.8 Å². The average Bonchev–Trinajstić information content (AvgIpc) is 3.28. The van der Waals surface area contributed by atoms with Gasteiger partial charge in [-0.1, -0.05) is 12.1 Å². The van der Waals surface area contributed by atoms with Gasteiger partial charge in [0.2, 0.25) is 5.91 Å². The summed E-state index contributed by atoms with van der Waals surface area (Å²) in [4.78, 5) is 27.3. The lowest BCUT2D eigenvalue weighted by Gasteiger charge is -2.31. The second-order valence-electron chi connectivity index (χ2n) is 6.95. The van der Waals surface area contributed by atoms with Crippen molar-refractivity contribution in [1.82, 2.24) is 10.2 Å². The van der Waals surface area contributed by atoms with E-state index in [1.54, 1.807) is 17.0 Å². The predicted molar refractivity (Wildman–Crippen MR) is 109 cm³/mol. The molecule has 0 saturated carbocycles. The summed E-state index contributed by atoms with van der Waals surface area (Å²) < 4.78 is 34.6. The van der Waals surface area contributed by atoms with Crippen molar-refractivity contribution in [2.24, 2.45) is 5.92 Å². The molecule has 30 heavy (non-hydrogen) atoms. The van der Waals surface area contributed by atoms with Crippen LogP contribution < -0.4 is 14.8 Å². The summed E-state index contributed by atoms with van der Waals surface area (Å²) >= 11 is 1.42. The summed E-state index contributed by atoms with van der Waals surface area (Å²) in [6, 6.07) is 8.46. The standard InChI is InChI=1S/C21H24F2N2O4S/c1-28-16-5-4-14(13-17(16)29-21(22)23)6-9-24-19(26)15-7-10-25(11-8-15)20(27)18-3-2-12-30-18/h2-5,12-13,15,21H,6-11H2,1H3,(H,24,26). The van der Waals surface area contributed by atoms with Gasteiger partial charge < -0.3 is 19.7 Å². The molecule has 162 valence electrons. The van der Waals surface area contributed by atoms with E-state index in [1.807, 2.05) is 17.5 Å². The Morgan fingerprint density at radius 1 is 1.23 bits per heavy atom. The number of methoxy groups -OCH3 is 1. The van der Waals surface area contributed by atoms with Crippen LogP contribution in [0.3, 0.4) is 0 Å². The van der Waals surface area contributed by atoms with Crippen molar-refractivity contribution in [3.05, 3.63) is 46.2 Å². The van der Waals surface area contributed by atoms with Crippen LogP contribution >= 0.6 is 11.3 Å². The lowest BCUT2D eigenvalue weighted by atomic mass is 9.95. The zero-order valence-corrected chi connectivity index (χ0v) is 17.4. The largest absolute Gasteiger partial charge is 0.493 e. The smallest absolute Gasteiger partial charge is 0.387 e. The van der Waals surface area contributed by atoms with Crippen molar-refractivity contribution in [3.8, 4) is 11.5 Å². The van der Waals surface area contributed by atoms with Gasteiger partial charge in [0.15, 0.2) is 11.5 Å². The van der Waals surface area contributed by atoms with E-state index < -0.39 is 6.61 Å². The summed E-state index contributed by atoms with van der Waals surface area (Å²) in [5.74, 6) is 0.0398. The molecule has 1 fully saturated rings. The van der Waals surface area contributed by atoms with Crippen LogP contribution in [0.15, 0.2) is 35.7 Å². The number of carbonyl (C=O) groups is 2. The molecular weight excluding hydrogens is 414 g/mol. The number of rotatable bonds is 8. The lowest BCUT2D eigenvalue weighted by Crippen LogP contribution is -2.43. The first kappa shape index (κ1) is 22.0. The highest BCUT2D eigenvalue weighted by Crippen LogP contribution is 2.29. The number of thiophene rings is 1. The molecule has 1 saturated heterocycles. The maximum absolute atomic E-state index is 12.5. The molecule has 0 radical (unpaired) electrons. The fraction of sp³-hybridized carbons (Fsp3) is 0.429. The van der Waals surface area contributed by atoms with Crippen LogP contribution in [0.4, 0.5) is 8.78 Å². The minimum atomic E-state index is -2.94. The Balaban J connectivity index is 1.45. The van der Waals surface area contributed by atoms with Gasteiger partial charge in [0.05, 0.1) is 12.0 Å². The molecule has 3 rings (SSSR count).